The molecule has 4 heteroatoms. The zero-order valence-corrected chi connectivity index (χ0v) is 11.7. The first kappa shape index (κ1) is 15.6. The summed E-state index contributed by atoms with van der Waals surface area (Å²) < 4.78 is 22.8. The van der Waals surface area contributed by atoms with Gasteiger partial charge in [0.15, 0.2) is 9.84 Å². The summed E-state index contributed by atoms with van der Waals surface area (Å²) in [5, 5.41) is 0. The Balaban J connectivity index is 3.88. The lowest BCUT2D eigenvalue weighted by atomic mass is 10.1. The smallest absolute Gasteiger partial charge is 0.155 e. The highest BCUT2D eigenvalue weighted by atomic mass is 32.2. The quantitative estimate of drug-likeness (QED) is 0.651. The molecule has 0 fully saturated rings. The molecule has 0 unspecified atom stereocenters. The Morgan fingerprint density at radius 3 is 2.06 bits per heavy atom. The first-order chi connectivity index (χ1) is 7.20. The summed E-state index contributed by atoms with van der Waals surface area (Å²) in [7, 11) is -3.02. The van der Waals surface area contributed by atoms with E-state index < -0.39 is 14.6 Å². The van der Waals surface area contributed by atoms with Crippen molar-refractivity contribution in [2.45, 2.75) is 64.5 Å². The molecule has 0 aliphatic heterocycles. The van der Waals surface area contributed by atoms with Gasteiger partial charge in [-0.1, -0.05) is 6.92 Å². The van der Waals surface area contributed by atoms with Crippen LogP contribution in [0.5, 0.6) is 0 Å². The molecular formula is C12H24O3S. The van der Waals surface area contributed by atoms with Gasteiger partial charge in [-0.05, 0) is 40.0 Å². The van der Waals surface area contributed by atoms with Crippen molar-refractivity contribution in [1.29, 1.82) is 0 Å². The first-order valence-corrected chi connectivity index (χ1v) is 7.60. The molecule has 0 radical (unpaired) electrons. The van der Waals surface area contributed by atoms with Crippen LogP contribution in [0.1, 0.15) is 59.8 Å². The Morgan fingerprint density at radius 1 is 1.06 bits per heavy atom. The maximum Gasteiger partial charge on any atom is 0.155 e. The molecular weight excluding hydrogens is 224 g/mol. The van der Waals surface area contributed by atoms with E-state index in [1.807, 2.05) is 6.92 Å². The van der Waals surface area contributed by atoms with Crippen molar-refractivity contribution in [3.8, 4) is 0 Å². The van der Waals surface area contributed by atoms with Gasteiger partial charge in [-0.3, -0.25) is 4.79 Å². The molecule has 0 N–H and O–H groups in total. The molecule has 0 bridgehead atoms. The Kier molecular flexibility index (Phi) is 6.23. The predicted octanol–water partition coefficient (Wildman–Crippen LogP) is 2.74. The fourth-order valence-electron chi connectivity index (χ4n) is 1.32. The largest absolute Gasteiger partial charge is 0.300 e. The summed E-state index contributed by atoms with van der Waals surface area (Å²) in [5.74, 6) is 0.436. The SMILES string of the molecule is CCCC(=O)CCCCS(=O)(=O)C(C)(C)C. The average molecular weight is 248 g/mol. The molecule has 96 valence electrons. The highest BCUT2D eigenvalue weighted by Gasteiger charge is 2.27. The van der Waals surface area contributed by atoms with Crippen molar-refractivity contribution in [1.82, 2.24) is 0 Å². The second-order valence-corrected chi connectivity index (χ2v) is 8.04. The standard InChI is InChI=1S/C12H24O3S/c1-5-8-11(13)9-6-7-10-16(14,15)12(2,3)4/h5-10H2,1-4H3. The van der Waals surface area contributed by atoms with E-state index >= 15 is 0 Å². The van der Waals surface area contributed by atoms with Crippen molar-refractivity contribution in [3.63, 3.8) is 0 Å². The van der Waals surface area contributed by atoms with Gasteiger partial charge in [-0.2, -0.15) is 0 Å². The number of carbonyl (C=O) groups excluding carboxylic acids is 1. The maximum atomic E-state index is 11.7. The van der Waals surface area contributed by atoms with Gasteiger partial charge in [0, 0.05) is 12.8 Å². The van der Waals surface area contributed by atoms with Crippen LogP contribution in [0.4, 0.5) is 0 Å². The van der Waals surface area contributed by atoms with Crippen LogP contribution >= 0.6 is 0 Å². The normalized spacial score (nSPS) is 12.8. The van der Waals surface area contributed by atoms with Gasteiger partial charge in [-0.15, -0.1) is 0 Å². The van der Waals surface area contributed by atoms with Gasteiger partial charge < -0.3 is 0 Å². The van der Waals surface area contributed by atoms with Crippen molar-refractivity contribution in [3.05, 3.63) is 0 Å². The number of hydrogen-bond donors (Lipinski definition) is 0. The van der Waals surface area contributed by atoms with Crippen LogP contribution in [-0.4, -0.2) is 24.7 Å². The molecule has 0 aliphatic rings. The van der Waals surface area contributed by atoms with Crippen LogP contribution in [0.2, 0.25) is 0 Å². The minimum absolute atomic E-state index is 0.190. The van der Waals surface area contributed by atoms with E-state index in [0.717, 1.165) is 6.42 Å². The highest BCUT2D eigenvalue weighted by molar-refractivity contribution is 7.92. The zero-order valence-electron chi connectivity index (χ0n) is 10.9. The lowest BCUT2D eigenvalue weighted by molar-refractivity contribution is -0.119. The van der Waals surface area contributed by atoms with Gasteiger partial charge in [0.2, 0.25) is 0 Å². The van der Waals surface area contributed by atoms with Gasteiger partial charge in [0.1, 0.15) is 5.78 Å². The Labute approximate surface area is 99.5 Å². The van der Waals surface area contributed by atoms with Crippen molar-refractivity contribution in [2.24, 2.45) is 0 Å². The van der Waals surface area contributed by atoms with E-state index in [1.54, 1.807) is 20.8 Å². The molecule has 0 amide bonds. The number of unbranched alkanes of at least 4 members (excludes halogenated alkanes) is 1. The minimum Gasteiger partial charge on any atom is -0.300 e. The Hall–Kier alpha value is -0.380. The molecule has 0 aromatic rings. The third kappa shape index (κ3) is 5.64. The van der Waals surface area contributed by atoms with Crippen LogP contribution < -0.4 is 0 Å². The highest BCUT2D eigenvalue weighted by Crippen LogP contribution is 2.17. The molecule has 0 aromatic carbocycles. The predicted molar refractivity (Wildman–Crippen MR) is 67.3 cm³/mol. The summed E-state index contributed by atoms with van der Waals surface area (Å²) in [4.78, 5) is 11.2. The first-order valence-electron chi connectivity index (χ1n) is 5.94. The van der Waals surface area contributed by atoms with E-state index in [9.17, 15) is 13.2 Å². The molecule has 0 atom stereocenters. The second kappa shape index (κ2) is 6.38. The second-order valence-electron chi connectivity index (χ2n) is 5.18. The molecule has 0 saturated heterocycles. The number of ketones is 1. The summed E-state index contributed by atoms with van der Waals surface area (Å²) in [6.07, 6.45) is 3.29. The third-order valence-electron chi connectivity index (χ3n) is 2.58. The fourth-order valence-corrected chi connectivity index (χ4v) is 2.52. The number of Topliss-reactive ketones (excluding diaryl/α,β-unsaturated/α-hetero) is 1. The summed E-state index contributed by atoms with van der Waals surface area (Å²) in [5.41, 5.74) is 0. The monoisotopic (exact) mass is 248 g/mol. The van der Waals surface area contributed by atoms with E-state index in [4.69, 9.17) is 0 Å². The van der Waals surface area contributed by atoms with Crippen LogP contribution in [0.25, 0.3) is 0 Å². The van der Waals surface area contributed by atoms with Crippen molar-refractivity contribution >= 4 is 15.6 Å². The van der Waals surface area contributed by atoms with Crippen LogP contribution in [-0.2, 0) is 14.6 Å². The van der Waals surface area contributed by atoms with Gasteiger partial charge >= 0.3 is 0 Å². The lowest BCUT2D eigenvalue weighted by Crippen LogP contribution is -2.30. The molecule has 0 rings (SSSR count). The minimum atomic E-state index is -3.02. The lowest BCUT2D eigenvalue weighted by Gasteiger charge is -2.18. The van der Waals surface area contributed by atoms with E-state index in [-0.39, 0.29) is 11.5 Å². The van der Waals surface area contributed by atoms with Gasteiger partial charge in [0.25, 0.3) is 0 Å². The van der Waals surface area contributed by atoms with Gasteiger partial charge in [-0.25, -0.2) is 8.42 Å². The molecule has 16 heavy (non-hydrogen) atoms. The van der Waals surface area contributed by atoms with Crippen LogP contribution in [0.3, 0.4) is 0 Å². The zero-order chi connectivity index (χ0) is 12.8. The topological polar surface area (TPSA) is 51.2 Å². The van der Waals surface area contributed by atoms with Gasteiger partial charge in [0.05, 0.1) is 10.5 Å². The van der Waals surface area contributed by atoms with E-state index in [0.29, 0.717) is 25.7 Å². The summed E-state index contributed by atoms with van der Waals surface area (Å²) >= 11 is 0. The van der Waals surface area contributed by atoms with E-state index in [1.165, 1.54) is 0 Å². The number of carbonyl (C=O) groups is 1. The van der Waals surface area contributed by atoms with E-state index in [2.05, 4.69) is 0 Å². The molecule has 0 saturated carbocycles. The van der Waals surface area contributed by atoms with Crippen LogP contribution in [0.15, 0.2) is 0 Å². The Morgan fingerprint density at radius 2 is 1.62 bits per heavy atom. The molecule has 0 aliphatic carbocycles. The number of sulfone groups is 1. The fraction of sp³-hybridized carbons (Fsp3) is 0.917. The average Bonchev–Trinajstić information content (AvgIpc) is 2.11. The summed E-state index contributed by atoms with van der Waals surface area (Å²) in [6.45, 7) is 7.11. The molecule has 0 heterocycles. The molecule has 0 aromatic heterocycles. The maximum absolute atomic E-state index is 11.7. The van der Waals surface area contributed by atoms with Crippen LogP contribution in [0, 0.1) is 0 Å². The molecule has 0 spiro atoms. The number of hydrogen-bond acceptors (Lipinski definition) is 3. The third-order valence-corrected chi connectivity index (χ3v) is 5.27. The molecule has 3 nitrogen and oxygen atoms in total. The van der Waals surface area contributed by atoms with Crippen molar-refractivity contribution in [2.75, 3.05) is 5.75 Å². The Bertz CT molecular complexity index is 310. The van der Waals surface area contributed by atoms with Crippen molar-refractivity contribution < 1.29 is 13.2 Å². The summed E-state index contributed by atoms with van der Waals surface area (Å²) in [6, 6.07) is 0. The number of rotatable bonds is 7.